The van der Waals surface area contributed by atoms with Gasteiger partial charge in [-0.1, -0.05) is 23.2 Å². The Balaban J connectivity index is 1.97. The Morgan fingerprint density at radius 2 is 1.88 bits per heavy atom. The first kappa shape index (κ1) is 18.0. The van der Waals surface area contributed by atoms with Crippen molar-refractivity contribution in [1.29, 1.82) is 0 Å². The van der Waals surface area contributed by atoms with Crippen LogP contribution in [0.1, 0.15) is 17.3 Å². The van der Waals surface area contributed by atoms with Crippen LogP contribution in [-0.4, -0.2) is 30.1 Å². The minimum atomic E-state index is -1.01. The summed E-state index contributed by atoms with van der Waals surface area (Å²) in [7, 11) is 1.55. The van der Waals surface area contributed by atoms with E-state index in [0.717, 1.165) is 0 Å². The predicted octanol–water partition coefficient (Wildman–Crippen LogP) is 3.58. The van der Waals surface area contributed by atoms with Crippen LogP contribution in [0.5, 0.6) is 5.75 Å². The summed E-state index contributed by atoms with van der Waals surface area (Å²) in [5.41, 5.74) is 0.661. The van der Waals surface area contributed by atoms with E-state index in [-0.39, 0.29) is 15.7 Å². The number of rotatable bonds is 5. The number of aromatic nitrogens is 1. The van der Waals surface area contributed by atoms with Crippen LogP contribution < -0.4 is 10.1 Å². The third-order valence-corrected chi connectivity index (χ3v) is 3.73. The number of nitrogens with zero attached hydrogens (tertiary/aromatic N) is 1. The lowest BCUT2D eigenvalue weighted by molar-refractivity contribution is -0.123. The molecule has 1 amide bonds. The van der Waals surface area contributed by atoms with Crippen molar-refractivity contribution in [3.63, 3.8) is 0 Å². The summed E-state index contributed by atoms with van der Waals surface area (Å²) in [5, 5.41) is 2.84. The molecule has 1 unspecified atom stereocenters. The first-order valence-corrected chi connectivity index (χ1v) is 7.63. The molecular weight excluding hydrogens is 355 g/mol. The summed E-state index contributed by atoms with van der Waals surface area (Å²) in [6.07, 6.45) is 0.221. The molecule has 0 aliphatic carbocycles. The zero-order valence-corrected chi connectivity index (χ0v) is 14.4. The van der Waals surface area contributed by atoms with E-state index in [1.54, 1.807) is 31.4 Å². The number of esters is 1. The second-order valence-corrected chi connectivity index (χ2v) is 5.53. The maximum absolute atomic E-state index is 12.1. The number of pyridine rings is 1. The average molecular weight is 369 g/mol. The van der Waals surface area contributed by atoms with E-state index in [1.807, 2.05) is 0 Å². The Hall–Kier alpha value is -2.31. The van der Waals surface area contributed by atoms with Crippen LogP contribution >= 0.6 is 23.2 Å². The zero-order valence-electron chi connectivity index (χ0n) is 12.9. The Bertz CT molecular complexity index is 750. The van der Waals surface area contributed by atoms with Gasteiger partial charge in [0.25, 0.3) is 5.91 Å². The Morgan fingerprint density at radius 1 is 1.21 bits per heavy atom. The molecule has 0 aliphatic rings. The van der Waals surface area contributed by atoms with Crippen LogP contribution in [0.2, 0.25) is 10.2 Å². The summed E-state index contributed by atoms with van der Waals surface area (Å²) >= 11 is 11.5. The van der Waals surface area contributed by atoms with Gasteiger partial charge in [0.2, 0.25) is 0 Å². The van der Waals surface area contributed by atoms with Crippen LogP contribution in [0.15, 0.2) is 36.5 Å². The van der Waals surface area contributed by atoms with Gasteiger partial charge in [0.1, 0.15) is 10.9 Å². The molecule has 1 heterocycles. The van der Waals surface area contributed by atoms with Crippen molar-refractivity contribution in [3.8, 4) is 5.75 Å². The highest BCUT2D eigenvalue weighted by Gasteiger charge is 2.20. The highest BCUT2D eigenvalue weighted by molar-refractivity contribution is 6.41. The molecule has 0 aliphatic heterocycles. The van der Waals surface area contributed by atoms with Crippen LogP contribution in [0.25, 0.3) is 0 Å². The van der Waals surface area contributed by atoms with Crippen LogP contribution in [-0.2, 0) is 9.53 Å². The Labute approximate surface area is 148 Å². The minimum Gasteiger partial charge on any atom is -0.497 e. The lowest BCUT2D eigenvalue weighted by atomic mass is 10.2. The van der Waals surface area contributed by atoms with E-state index in [9.17, 15) is 9.59 Å². The summed E-state index contributed by atoms with van der Waals surface area (Å²) in [5.74, 6) is -0.528. The van der Waals surface area contributed by atoms with E-state index < -0.39 is 18.0 Å². The first-order valence-electron chi connectivity index (χ1n) is 6.87. The predicted molar refractivity (Wildman–Crippen MR) is 90.8 cm³/mol. The SMILES string of the molecule is COc1ccc(NC(=O)C(C)OC(=O)c2cnc(Cl)c(Cl)c2)cc1. The van der Waals surface area contributed by atoms with Gasteiger partial charge in [0, 0.05) is 11.9 Å². The van der Waals surface area contributed by atoms with Gasteiger partial charge in [0.05, 0.1) is 17.7 Å². The fourth-order valence-corrected chi connectivity index (χ4v) is 2.00. The fourth-order valence-electron chi connectivity index (χ4n) is 1.73. The molecule has 1 N–H and O–H groups in total. The smallest absolute Gasteiger partial charge is 0.340 e. The number of carbonyl (C=O) groups excluding carboxylic acids is 2. The third kappa shape index (κ3) is 4.59. The summed E-state index contributed by atoms with van der Waals surface area (Å²) in [6.45, 7) is 1.46. The number of nitrogens with one attached hydrogen (secondary N) is 1. The maximum Gasteiger partial charge on any atom is 0.340 e. The second kappa shape index (κ2) is 7.99. The van der Waals surface area contributed by atoms with E-state index in [4.69, 9.17) is 32.7 Å². The molecule has 1 atom stereocenters. The lowest BCUT2D eigenvalue weighted by Crippen LogP contribution is -2.30. The molecule has 0 fully saturated rings. The molecule has 0 bridgehead atoms. The highest BCUT2D eigenvalue weighted by Crippen LogP contribution is 2.20. The van der Waals surface area contributed by atoms with E-state index in [2.05, 4.69) is 10.3 Å². The van der Waals surface area contributed by atoms with Crippen LogP contribution in [0, 0.1) is 0 Å². The second-order valence-electron chi connectivity index (χ2n) is 4.76. The zero-order chi connectivity index (χ0) is 17.7. The number of anilines is 1. The molecule has 24 heavy (non-hydrogen) atoms. The van der Waals surface area contributed by atoms with Gasteiger partial charge in [-0.15, -0.1) is 0 Å². The van der Waals surface area contributed by atoms with Gasteiger partial charge in [-0.05, 0) is 37.3 Å². The number of ether oxygens (including phenoxy) is 2. The molecule has 126 valence electrons. The van der Waals surface area contributed by atoms with Gasteiger partial charge >= 0.3 is 5.97 Å². The van der Waals surface area contributed by atoms with Crippen molar-refractivity contribution >= 4 is 40.8 Å². The standard InChI is InChI=1S/C16H14Cl2N2O4/c1-9(15(21)20-11-3-5-12(23-2)6-4-11)24-16(22)10-7-13(17)14(18)19-8-10/h3-9H,1-2H3,(H,20,21). The van der Waals surface area contributed by atoms with Gasteiger partial charge in [-0.25, -0.2) is 9.78 Å². The molecule has 0 radical (unpaired) electrons. The molecule has 6 nitrogen and oxygen atoms in total. The molecule has 2 aromatic rings. The van der Waals surface area contributed by atoms with Crippen molar-refractivity contribution in [2.24, 2.45) is 0 Å². The average Bonchev–Trinajstić information content (AvgIpc) is 2.57. The molecule has 0 saturated carbocycles. The number of hydrogen-bond acceptors (Lipinski definition) is 5. The third-order valence-electron chi connectivity index (χ3n) is 3.04. The fraction of sp³-hybridized carbons (Fsp3) is 0.188. The molecule has 0 saturated heterocycles. The summed E-state index contributed by atoms with van der Waals surface area (Å²) in [4.78, 5) is 27.8. The molecule has 1 aromatic heterocycles. The number of amides is 1. The summed E-state index contributed by atoms with van der Waals surface area (Å²) < 4.78 is 10.1. The molecule has 2 rings (SSSR count). The largest absolute Gasteiger partial charge is 0.497 e. The number of hydrogen-bond donors (Lipinski definition) is 1. The van der Waals surface area contributed by atoms with Gasteiger partial charge in [0.15, 0.2) is 6.10 Å². The van der Waals surface area contributed by atoms with E-state index in [0.29, 0.717) is 11.4 Å². The number of carbonyl (C=O) groups is 2. The normalized spacial score (nSPS) is 11.5. The number of halogens is 2. The Kier molecular flexibility index (Phi) is 6.00. The maximum atomic E-state index is 12.1. The van der Waals surface area contributed by atoms with Crippen molar-refractivity contribution in [2.75, 3.05) is 12.4 Å². The van der Waals surface area contributed by atoms with E-state index >= 15 is 0 Å². The van der Waals surface area contributed by atoms with Crippen molar-refractivity contribution < 1.29 is 19.1 Å². The minimum absolute atomic E-state index is 0.0820. The topological polar surface area (TPSA) is 77.5 Å². The molecule has 8 heteroatoms. The first-order chi connectivity index (χ1) is 11.4. The lowest BCUT2D eigenvalue weighted by Gasteiger charge is -2.14. The Morgan fingerprint density at radius 3 is 2.46 bits per heavy atom. The van der Waals surface area contributed by atoms with Crippen molar-refractivity contribution in [2.45, 2.75) is 13.0 Å². The van der Waals surface area contributed by atoms with Crippen molar-refractivity contribution in [3.05, 3.63) is 52.3 Å². The highest BCUT2D eigenvalue weighted by atomic mass is 35.5. The van der Waals surface area contributed by atoms with Gasteiger partial charge < -0.3 is 14.8 Å². The number of methoxy groups -OCH3 is 1. The molecule has 0 spiro atoms. The van der Waals surface area contributed by atoms with Crippen molar-refractivity contribution in [1.82, 2.24) is 4.98 Å². The van der Waals surface area contributed by atoms with Crippen LogP contribution in [0.4, 0.5) is 5.69 Å². The van der Waals surface area contributed by atoms with E-state index in [1.165, 1.54) is 19.2 Å². The monoisotopic (exact) mass is 368 g/mol. The van der Waals surface area contributed by atoms with Gasteiger partial charge in [-0.2, -0.15) is 0 Å². The van der Waals surface area contributed by atoms with Crippen LogP contribution in [0.3, 0.4) is 0 Å². The van der Waals surface area contributed by atoms with Gasteiger partial charge in [-0.3, -0.25) is 4.79 Å². The molecule has 1 aromatic carbocycles. The molecular formula is C16H14Cl2N2O4. The summed E-state index contributed by atoms with van der Waals surface area (Å²) in [6, 6.07) is 8.08. The number of benzene rings is 1. The quantitative estimate of drug-likeness (QED) is 0.644.